The molecule has 1 aromatic heterocycles. The number of hydrogen-bond donors (Lipinski definition) is 1. The Morgan fingerprint density at radius 3 is 2.53 bits per heavy atom. The normalized spacial score (nSPS) is 12.8. The second-order valence-corrected chi connectivity index (χ2v) is 4.92. The molecule has 102 valence electrons. The van der Waals surface area contributed by atoms with Gasteiger partial charge in [-0.3, -0.25) is 4.90 Å². The van der Waals surface area contributed by atoms with Crippen molar-refractivity contribution in [3.63, 3.8) is 0 Å². The van der Waals surface area contributed by atoms with Crippen molar-refractivity contribution >= 4 is 0 Å². The van der Waals surface area contributed by atoms with Crippen molar-refractivity contribution < 1.29 is 4.42 Å². The monoisotopic (exact) mass is 258 g/mol. The lowest BCUT2D eigenvalue weighted by molar-refractivity contribution is 0.241. The molecule has 2 rings (SSSR count). The third-order valence-corrected chi connectivity index (χ3v) is 3.37. The van der Waals surface area contributed by atoms with E-state index in [4.69, 9.17) is 10.2 Å². The topological polar surface area (TPSA) is 42.4 Å². The summed E-state index contributed by atoms with van der Waals surface area (Å²) in [6, 6.07) is 12.4. The first kappa shape index (κ1) is 13.8. The van der Waals surface area contributed by atoms with Gasteiger partial charge in [0.15, 0.2) is 0 Å². The Morgan fingerprint density at radius 2 is 1.95 bits per heavy atom. The third-order valence-electron chi connectivity index (χ3n) is 3.37. The zero-order valence-electron chi connectivity index (χ0n) is 11.7. The zero-order valence-corrected chi connectivity index (χ0v) is 11.7. The minimum atomic E-state index is 0.0375. The average molecular weight is 258 g/mol. The highest BCUT2D eigenvalue weighted by Gasteiger charge is 2.12. The second-order valence-electron chi connectivity index (χ2n) is 4.92. The second kappa shape index (κ2) is 6.55. The Labute approximate surface area is 115 Å². The summed E-state index contributed by atoms with van der Waals surface area (Å²) in [4.78, 5) is 2.29. The molecular formula is C16H22N2O. The van der Waals surface area contributed by atoms with Crippen LogP contribution in [-0.4, -0.2) is 18.0 Å². The Bertz CT molecular complexity index is 476. The molecule has 19 heavy (non-hydrogen) atoms. The fourth-order valence-electron chi connectivity index (χ4n) is 2.13. The summed E-state index contributed by atoms with van der Waals surface area (Å²) in [6.45, 7) is 6.83. The van der Waals surface area contributed by atoms with E-state index in [2.05, 4.69) is 43.0 Å². The molecule has 0 fully saturated rings. The number of benzene rings is 1. The van der Waals surface area contributed by atoms with Gasteiger partial charge in [0, 0.05) is 12.6 Å². The van der Waals surface area contributed by atoms with Gasteiger partial charge < -0.3 is 10.2 Å². The van der Waals surface area contributed by atoms with Gasteiger partial charge >= 0.3 is 0 Å². The summed E-state index contributed by atoms with van der Waals surface area (Å²) in [6.07, 6.45) is 1.71. The zero-order chi connectivity index (χ0) is 13.7. The van der Waals surface area contributed by atoms with Crippen molar-refractivity contribution in [2.45, 2.75) is 26.4 Å². The van der Waals surface area contributed by atoms with Gasteiger partial charge in [-0.2, -0.15) is 0 Å². The molecule has 0 aliphatic carbocycles. The van der Waals surface area contributed by atoms with E-state index >= 15 is 0 Å². The number of aryl methyl sites for hydroxylation is 1. The van der Waals surface area contributed by atoms with Gasteiger partial charge in [-0.05, 0) is 31.2 Å². The van der Waals surface area contributed by atoms with Crippen LogP contribution in [-0.2, 0) is 6.54 Å². The maximum absolute atomic E-state index is 6.28. The van der Waals surface area contributed by atoms with Crippen LogP contribution in [0.4, 0.5) is 0 Å². The van der Waals surface area contributed by atoms with Crippen LogP contribution in [0.25, 0.3) is 0 Å². The van der Waals surface area contributed by atoms with E-state index in [0.29, 0.717) is 0 Å². The number of furan rings is 1. The number of nitrogens with zero attached hydrogens (tertiary/aromatic N) is 1. The maximum Gasteiger partial charge on any atom is 0.117 e. The van der Waals surface area contributed by atoms with Crippen molar-refractivity contribution in [2.24, 2.45) is 5.73 Å². The molecule has 0 aliphatic heterocycles. The first-order chi connectivity index (χ1) is 9.19. The molecule has 1 atom stereocenters. The summed E-state index contributed by atoms with van der Waals surface area (Å²) in [5.41, 5.74) is 8.72. The molecule has 0 radical (unpaired) electrons. The largest absolute Gasteiger partial charge is 0.468 e. The average Bonchev–Trinajstić information content (AvgIpc) is 2.91. The van der Waals surface area contributed by atoms with Crippen LogP contribution in [0.15, 0.2) is 47.1 Å². The van der Waals surface area contributed by atoms with Crippen LogP contribution in [0, 0.1) is 6.92 Å². The summed E-state index contributed by atoms with van der Waals surface area (Å²) in [7, 11) is 0. The first-order valence-electron chi connectivity index (χ1n) is 6.76. The molecule has 0 amide bonds. The molecule has 0 spiro atoms. The number of likely N-dealkylation sites (N-methyl/N-ethyl adjacent to an activating group) is 1. The Kier molecular flexibility index (Phi) is 4.77. The highest BCUT2D eigenvalue weighted by atomic mass is 16.3. The molecule has 0 bridgehead atoms. The number of rotatable bonds is 6. The molecule has 3 nitrogen and oxygen atoms in total. The van der Waals surface area contributed by atoms with E-state index in [1.807, 2.05) is 12.1 Å². The molecule has 3 heteroatoms. The van der Waals surface area contributed by atoms with Crippen molar-refractivity contribution in [1.29, 1.82) is 0 Å². The van der Waals surface area contributed by atoms with Gasteiger partial charge in [0.05, 0.1) is 12.8 Å². The van der Waals surface area contributed by atoms with Crippen LogP contribution >= 0.6 is 0 Å². The summed E-state index contributed by atoms with van der Waals surface area (Å²) in [5, 5.41) is 0. The molecule has 2 aromatic rings. The highest BCUT2D eigenvalue weighted by Crippen LogP contribution is 2.14. The minimum absolute atomic E-state index is 0.0375. The Hall–Kier alpha value is -1.58. The van der Waals surface area contributed by atoms with Crippen LogP contribution in [0.5, 0.6) is 0 Å². The van der Waals surface area contributed by atoms with Crippen molar-refractivity contribution in [2.75, 3.05) is 13.1 Å². The van der Waals surface area contributed by atoms with Crippen LogP contribution < -0.4 is 5.73 Å². The van der Waals surface area contributed by atoms with Crippen molar-refractivity contribution in [1.82, 2.24) is 4.90 Å². The lowest BCUT2D eigenvalue weighted by atomic mass is 10.1. The van der Waals surface area contributed by atoms with E-state index in [1.165, 1.54) is 11.1 Å². The molecule has 2 N–H and O–H groups in total. The van der Waals surface area contributed by atoms with E-state index < -0.39 is 0 Å². The summed E-state index contributed by atoms with van der Waals surface area (Å²) >= 11 is 0. The molecule has 0 saturated carbocycles. The standard InChI is InChI=1S/C16H22N2O/c1-3-18(11-15-5-4-10-19-15)12-16(17)14-8-6-13(2)7-9-14/h4-10,16H,3,11-12,17H2,1-2H3. The fraction of sp³-hybridized carbons (Fsp3) is 0.375. The quantitative estimate of drug-likeness (QED) is 0.865. The molecule has 1 aromatic carbocycles. The van der Waals surface area contributed by atoms with Gasteiger partial charge in [-0.25, -0.2) is 0 Å². The van der Waals surface area contributed by atoms with E-state index in [-0.39, 0.29) is 6.04 Å². The highest BCUT2D eigenvalue weighted by molar-refractivity contribution is 5.24. The summed E-state index contributed by atoms with van der Waals surface area (Å²) in [5.74, 6) is 0.984. The van der Waals surface area contributed by atoms with Gasteiger partial charge in [0.1, 0.15) is 5.76 Å². The fourth-order valence-corrected chi connectivity index (χ4v) is 2.13. The predicted molar refractivity (Wildman–Crippen MR) is 77.8 cm³/mol. The van der Waals surface area contributed by atoms with Gasteiger partial charge in [0.25, 0.3) is 0 Å². The maximum atomic E-state index is 6.28. The van der Waals surface area contributed by atoms with Crippen LogP contribution in [0.2, 0.25) is 0 Å². The van der Waals surface area contributed by atoms with E-state index in [0.717, 1.165) is 25.4 Å². The van der Waals surface area contributed by atoms with E-state index in [1.54, 1.807) is 6.26 Å². The lowest BCUT2D eigenvalue weighted by Gasteiger charge is -2.23. The third kappa shape index (κ3) is 3.94. The van der Waals surface area contributed by atoms with Gasteiger partial charge in [0.2, 0.25) is 0 Å². The lowest BCUT2D eigenvalue weighted by Crippen LogP contribution is -2.31. The van der Waals surface area contributed by atoms with Crippen molar-refractivity contribution in [3.8, 4) is 0 Å². The molecule has 1 heterocycles. The van der Waals surface area contributed by atoms with E-state index in [9.17, 15) is 0 Å². The minimum Gasteiger partial charge on any atom is -0.468 e. The van der Waals surface area contributed by atoms with Crippen LogP contribution in [0.1, 0.15) is 29.9 Å². The SMILES string of the molecule is CCN(Cc1ccco1)CC(N)c1ccc(C)cc1. The molecule has 0 aliphatic rings. The Balaban J connectivity index is 1.95. The van der Waals surface area contributed by atoms with Crippen LogP contribution in [0.3, 0.4) is 0 Å². The number of nitrogens with two attached hydrogens (primary N) is 1. The molecule has 0 saturated heterocycles. The molecular weight excluding hydrogens is 236 g/mol. The van der Waals surface area contributed by atoms with Gasteiger partial charge in [-0.1, -0.05) is 36.8 Å². The smallest absolute Gasteiger partial charge is 0.117 e. The van der Waals surface area contributed by atoms with Crippen molar-refractivity contribution in [3.05, 3.63) is 59.5 Å². The Morgan fingerprint density at radius 1 is 1.21 bits per heavy atom. The summed E-state index contributed by atoms with van der Waals surface area (Å²) < 4.78 is 5.39. The van der Waals surface area contributed by atoms with Gasteiger partial charge in [-0.15, -0.1) is 0 Å². The molecule has 1 unspecified atom stereocenters. The predicted octanol–water partition coefficient (Wildman–Crippen LogP) is 3.11. The number of hydrogen-bond acceptors (Lipinski definition) is 3. The first-order valence-corrected chi connectivity index (χ1v) is 6.76.